The molecule has 0 atom stereocenters. The van der Waals surface area contributed by atoms with Crippen molar-refractivity contribution in [2.75, 3.05) is 39.4 Å². The van der Waals surface area contributed by atoms with Gasteiger partial charge in [-0.05, 0) is 48.6 Å². The molecular formula is C28H34N2O4. The number of morpholine rings is 1. The zero-order chi connectivity index (χ0) is 23.0. The van der Waals surface area contributed by atoms with Crippen LogP contribution in [0.15, 0.2) is 42.5 Å². The molecule has 34 heavy (non-hydrogen) atoms. The molecule has 0 unspecified atom stereocenters. The quantitative estimate of drug-likeness (QED) is 0.687. The van der Waals surface area contributed by atoms with Crippen LogP contribution < -0.4 is 4.74 Å². The Hall–Kier alpha value is -2.41. The number of nitrogens with zero attached hydrogens (tertiary/aromatic N) is 2. The van der Waals surface area contributed by atoms with E-state index in [0.717, 1.165) is 54.4 Å². The van der Waals surface area contributed by atoms with E-state index in [0.29, 0.717) is 39.3 Å². The Balaban J connectivity index is 1.14. The van der Waals surface area contributed by atoms with Gasteiger partial charge in [0.25, 0.3) is 5.91 Å². The molecule has 0 N–H and O–H groups in total. The first-order valence-corrected chi connectivity index (χ1v) is 12.8. The summed E-state index contributed by atoms with van der Waals surface area (Å²) in [6.45, 7) is 5.23. The summed E-state index contributed by atoms with van der Waals surface area (Å²) in [6.07, 6.45) is 6.65. The summed E-state index contributed by atoms with van der Waals surface area (Å²) in [5.41, 5.74) is 4.11. The number of benzene rings is 2. The second-order valence-corrected chi connectivity index (χ2v) is 10.1. The lowest BCUT2D eigenvalue weighted by Crippen LogP contribution is -2.54. The second kappa shape index (κ2) is 9.33. The van der Waals surface area contributed by atoms with Gasteiger partial charge in [-0.1, -0.05) is 30.7 Å². The predicted octanol–water partition coefficient (Wildman–Crippen LogP) is 4.00. The Morgan fingerprint density at radius 3 is 2.56 bits per heavy atom. The fourth-order valence-corrected chi connectivity index (χ4v) is 5.66. The SMILES string of the molecule is O=C(c1ccccc1Cc1ccc2c(c1)COC1(CCN(C3CCC3)CC1)O2)N1CCOCC1. The van der Waals surface area contributed by atoms with Crippen molar-refractivity contribution in [3.05, 3.63) is 64.7 Å². The predicted molar refractivity (Wildman–Crippen MR) is 129 cm³/mol. The number of hydrogen-bond donors (Lipinski definition) is 0. The average molecular weight is 463 g/mol. The summed E-state index contributed by atoms with van der Waals surface area (Å²) in [4.78, 5) is 17.6. The van der Waals surface area contributed by atoms with Crippen LogP contribution in [0.4, 0.5) is 0 Å². The lowest BCUT2D eigenvalue weighted by atomic mass is 9.89. The fourth-order valence-electron chi connectivity index (χ4n) is 5.66. The molecule has 6 rings (SSSR count). The number of carbonyl (C=O) groups is 1. The van der Waals surface area contributed by atoms with Gasteiger partial charge >= 0.3 is 0 Å². The molecule has 6 heteroatoms. The summed E-state index contributed by atoms with van der Waals surface area (Å²) in [5, 5.41) is 0. The van der Waals surface area contributed by atoms with Crippen molar-refractivity contribution in [2.24, 2.45) is 0 Å². The van der Waals surface area contributed by atoms with Crippen molar-refractivity contribution in [1.29, 1.82) is 0 Å². The maximum atomic E-state index is 13.1. The minimum atomic E-state index is -0.466. The highest BCUT2D eigenvalue weighted by molar-refractivity contribution is 5.95. The molecule has 4 aliphatic rings. The van der Waals surface area contributed by atoms with Crippen molar-refractivity contribution >= 4 is 5.91 Å². The van der Waals surface area contributed by atoms with Gasteiger partial charge in [-0.2, -0.15) is 0 Å². The highest BCUT2D eigenvalue weighted by Crippen LogP contribution is 2.39. The van der Waals surface area contributed by atoms with E-state index in [9.17, 15) is 4.79 Å². The van der Waals surface area contributed by atoms with Crippen LogP contribution in [0.5, 0.6) is 5.75 Å². The average Bonchev–Trinajstić information content (AvgIpc) is 2.85. The number of carbonyl (C=O) groups excluding carboxylic acids is 1. The van der Waals surface area contributed by atoms with Gasteiger partial charge in [0.05, 0.1) is 19.8 Å². The van der Waals surface area contributed by atoms with E-state index in [-0.39, 0.29) is 5.91 Å². The molecule has 2 aromatic carbocycles. The minimum Gasteiger partial charge on any atom is -0.462 e. The van der Waals surface area contributed by atoms with Crippen molar-refractivity contribution in [3.63, 3.8) is 0 Å². The van der Waals surface area contributed by atoms with Gasteiger partial charge < -0.3 is 19.1 Å². The molecule has 3 heterocycles. The molecule has 6 nitrogen and oxygen atoms in total. The highest BCUT2D eigenvalue weighted by Gasteiger charge is 2.42. The zero-order valence-corrected chi connectivity index (χ0v) is 19.8. The van der Waals surface area contributed by atoms with E-state index < -0.39 is 5.79 Å². The fraction of sp³-hybridized carbons (Fsp3) is 0.536. The van der Waals surface area contributed by atoms with Gasteiger partial charge in [-0.15, -0.1) is 0 Å². The van der Waals surface area contributed by atoms with E-state index in [4.69, 9.17) is 14.2 Å². The molecule has 1 saturated carbocycles. The molecule has 1 aliphatic carbocycles. The first kappa shape index (κ1) is 22.1. The Kier molecular flexibility index (Phi) is 6.06. The number of hydrogen-bond acceptors (Lipinski definition) is 5. The van der Waals surface area contributed by atoms with Crippen molar-refractivity contribution in [1.82, 2.24) is 9.80 Å². The molecule has 180 valence electrons. The van der Waals surface area contributed by atoms with E-state index in [1.54, 1.807) is 0 Å². The third kappa shape index (κ3) is 4.35. The topological polar surface area (TPSA) is 51.2 Å². The standard InChI is InChI=1S/C28H34N2O4/c31-27(30-14-16-32-17-15-30)25-7-2-1-4-22(25)18-21-8-9-26-23(19-21)20-33-28(34-26)10-12-29(13-11-28)24-5-3-6-24/h1-2,4,7-9,19,24H,3,5-6,10-18,20H2. The molecular weight excluding hydrogens is 428 g/mol. The van der Waals surface area contributed by atoms with E-state index in [1.165, 1.54) is 24.8 Å². The molecule has 2 saturated heterocycles. The van der Waals surface area contributed by atoms with Crippen LogP contribution in [0.25, 0.3) is 0 Å². The van der Waals surface area contributed by atoms with Crippen LogP contribution in [0.2, 0.25) is 0 Å². The van der Waals surface area contributed by atoms with Crippen LogP contribution in [0, 0.1) is 0 Å². The molecule has 0 bridgehead atoms. The lowest BCUT2D eigenvalue weighted by molar-refractivity contribution is -0.231. The number of ether oxygens (including phenoxy) is 3. The summed E-state index contributed by atoms with van der Waals surface area (Å²) in [7, 11) is 0. The normalized spacial score (nSPS) is 22.6. The van der Waals surface area contributed by atoms with Gasteiger partial charge in [-0.3, -0.25) is 9.69 Å². The van der Waals surface area contributed by atoms with Crippen LogP contribution in [0.1, 0.15) is 59.2 Å². The molecule has 0 radical (unpaired) electrons. The smallest absolute Gasteiger partial charge is 0.254 e. The van der Waals surface area contributed by atoms with Gasteiger partial charge in [0.1, 0.15) is 5.75 Å². The van der Waals surface area contributed by atoms with Gasteiger partial charge in [0.15, 0.2) is 0 Å². The van der Waals surface area contributed by atoms with Crippen LogP contribution in [-0.4, -0.2) is 66.9 Å². The van der Waals surface area contributed by atoms with Crippen molar-refractivity contribution in [2.45, 2.75) is 57.0 Å². The molecule has 0 aromatic heterocycles. The van der Waals surface area contributed by atoms with Gasteiger partial charge in [-0.25, -0.2) is 0 Å². The number of fused-ring (bicyclic) bond motifs is 1. The highest BCUT2D eigenvalue weighted by atomic mass is 16.7. The molecule has 3 aliphatic heterocycles. The number of piperidine rings is 1. The van der Waals surface area contributed by atoms with E-state index >= 15 is 0 Å². The third-order valence-electron chi connectivity index (χ3n) is 8.00. The Morgan fingerprint density at radius 2 is 1.79 bits per heavy atom. The molecule has 1 spiro atoms. The van der Waals surface area contributed by atoms with Crippen LogP contribution in [0.3, 0.4) is 0 Å². The third-order valence-corrected chi connectivity index (χ3v) is 8.00. The monoisotopic (exact) mass is 462 g/mol. The summed E-state index contributed by atoms with van der Waals surface area (Å²) in [5.74, 6) is 0.579. The van der Waals surface area contributed by atoms with E-state index in [2.05, 4.69) is 29.2 Å². The van der Waals surface area contributed by atoms with E-state index in [1.807, 2.05) is 23.1 Å². The van der Waals surface area contributed by atoms with Gasteiger partial charge in [0.2, 0.25) is 5.79 Å². The Labute approximate surface area is 201 Å². The number of likely N-dealkylation sites (tertiary alicyclic amines) is 1. The summed E-state index contributed by atoms with van der Waals surface area (Å²) < 4.78 is 18.2. The number of rotatable bonds is 4. The summed E-state index contributed by atoms with van der Waals surface area (Å²) in [6, 6.07) is 15.2. The Bertz CT molecular complexity index is 1040. The maximum Gasteiger partial charge on any atom is 0.254 e. The lowest BCUT2D eigenvalue weighted by Gasteiger charge is -2.47. The largest absolute Gasteiger partial charge is 0.462 e. The van der Waals surface area contributed by atoms with Crippen LogP contribution in [-0.2, 0) is 22.5 Å². The van der Waals surface area contributed by atoms with Crippen molar-refractivity contribution in [3.8, 4) is 5.75 Å². The first-order chi connectivity index (χ1) is 16.7. The minimum absolute atomic E-state index is 0.0960. The number of amides is 1. The van der Waals surface area contributed by atoms with Gasteiger partial charge in [0, 0.05) is 56.2 Å². The molecule has 1 amide bonds. The first-order valence-electron chi connectivity index (χ1n) is 12.8. The summed E-state index contributed by atoms with van der Waals surface area (Å²) >= 11 is 0. The van der Waals surface area contributed by atoms with Crippen molar-refractivity contribution < 1.29 is 19.0 Å². The Morgan fingerprint density at radius 1 is 1.00 bits per heavy atom. The maximum absolute atomic E-state index is 13.1. The van der Waals surface area contributed by atoms with Crippen LogP contribution >= 0.6 is 0 Å². The molecule has 2 aromatic rings. The molecule has 3 fully saturated rings. The second-order valence-electron chi connectivity index (χ2n) is 10.1. The zero-order valence-electron chi connectivity index (χ0n) is 19.8.